The van der Waals surface area contributed by atoms with Crippen molar-refractivity contribution < 1.29 is 13.2 Å². The average molecular weight is 242 g/mol. The molecule has 0 bridgehead atoms. The predicted octanol–water partition coefficient (Wildman–Crippen LogP) is 0.908. The number of pyridine rings is 1. The quantitative estimate of drug-likeness (QED) is 0.831. The first-order valence-corrected chi connectivity index (χ1v) is 6.72. The molecule has 1 aromatic heterocycles. The van der Waals surface area contributed by atoms with Gasteiger partial charge in [0.1, 0.15) is 4.90 Å². The molecule has 16 heavy (non-hydrogen) atoms. The number of hydrogen-bond acceptors (Lipinski definition) is 4. The Kier molecular flexibility index (Phi) is 3.11. The van der Waals surface area contributed by atoms with Crippen LogP contribution in [0.2, 0.25) is 0 Å². The normalized spacial score (nSPS) is 16.1. The third kappa shape index (κ3) is 2.93. The van der Waals surface area contributed by atoms with Gasteiger partial charge in [-0.2, -0.15) is 0 Å². The van der Waals surface area contributed by atoms with Crippen LogP contribution in [0.3, 0.4) is 0 Å². The molecule has 2 N–H and O–H groups in total. The summed E-state index contributed by atoms with van der Waals surface area (Å²) in [6.45, 7) is 0.490. The largest absolute Gasteiger partial charge is 0.477 e. The van der Waals surface area contributed by atoms with Gasteiger partial charge >= 0.3 is 0 Å². The predicted molar refractivity (Wildman–Crippen MR) is 58.4 cm³/mol. The summed E-state index contributed by atoms with van der Waals surface area (Å²) in [5.41, 5.74) is 0. The Balaban J connectivity index is 2.06. The zero-order chi connectivity index (χ0) is 11.6. The van der Waals surface area contributed by atoms with Gasteiger partial charge in [-0.25, -0.2) is 18.5 Å². The van der Waals surface area contributed by atoms with Gasteiger partial charge in [0.25, 0.3) is 0 Å². The minimum Gasteiger partial charge on any atom is -0.477 e. The maximum Gasteiger partial charge on any atom is 0.243 e. The Morgan fingerprint density at radius 1 is 1.50 bits per heavy atom. The summed E-state index contributed by atoms with van der Waals surface area (Å²) >= 11 is 0. The van der Waals surface area contributed by atoms with E-state index in [0.29, 0.717) is 6.61 Å². The second-order valence-corrected chi connectivity index (χ2v) is 5.46. The molecule has 1 aromatic rings. The molecule has 0 aliphatic heterocycles. The molecule has 1 heterocycles. The number of primary sulfonamides is 1. The van der Waals surface area contributed by atoms with Crippen molar-refractivity contribution in [3.63, 3.8) is 0 Å². The van der Waals surface area contributed by atoms with Crippen LogP contribution in [0.25, 0.3) is 0 Å². The third-order valence-corrected chi connectivity index (χ3v) is 3.43. The van der Waals surface area contributed by atoms with Crippen LogP contribution in [0.5, 0.6) is 5.88 Å². The molecular weight excluding hydrogens is 228 g/mol. The van der Waals surface area contributed by atoms with Gasteiger partial charge in [-0.3, -0.25) is 0 Å². The van der Waals surface area contributed by atoms with Crippen molar-refractivity contribution in [1.29, 1.82) is 0 Å². The van der Waals surface area contributed by atoms with Gasteiger partial charge in [0.15, 0.2) is 0 Å². The van der Waals surface area contributed by atoms with Gasteiger partial charge in [-0.1, -0.05) is 12.8 Å². The second kappa shape index (κ2) is 4.39. The maximum atomic E-state index is 11.2. The minimum atomic E-state index is -3.76. The summed E-state index contributed by atoms with van der Waals surface area (Å²) in [5, 5.41) is 5.05. The van der Waals surface area contributed by atoms with Gasteiger partial charge in [-0.05, 0) is 24.5 Å². The van der Waals surface area contributed by atoms with Crippen molar-refractivity contribution >= 4 is 10.0 Å². The lowest BCUT2D eigenvalue weighted by Gasteiger charge is -2.07. The number of nitrogens with two attached hydrogens (primary N) is 1. The lowest BCUT2D eigenvalue weighted by Crippen LogP contribution is -2.15. The molecule has 1 aliphatic rings. The first-order chi connectivity index (χ1) is 7.57. The lowest BCUT2D eigenvalue weighted by atomic mass is 10.3. The summed E-state index contributed by atoms with van der Waals surface area (Å²) < 4.78 is 27.8. The van der Waals surface area contributed by atoms with E-state index in [1.165, 1.54) is 31.2 Å². The SMILES string of the molecule is NS(=O)(=O)c1cccnc1OCCC1CC1. The van der Waals surface area contributed by atoms with Crippen LogP contribution in [0, 0.1) is 5.92 Å². The first-order valence-electron chi connectivity index (χ1n) is 5.18. The fraction of sp³-hybridized carbons (Fsp3) is 0.500. The summed E-state index contributed by atoms with van der Waals surface area (Å²) in [7, 11) is -3.76. The van der Waals surface area contributed by atoms with Gasteiger partial charge in [0, 0.05) is 6.20 Å². The Labute approximate surface area is 94.7 Å². The van der Waals surface area contributed by atoms with Gasteiger partial charge in [-0.15, -0.1) is 0 Å². The van der Waals surface area contributed by atoms with E-state index in [0.717, 1.165) is 12.3 Å². The smallest absolute Gasteiger partial charge is 0.243 e. The summed E-state index contributed by atoms with van der Waals surface area (Å²) in [6.07, 6.45) is 4.92. The number of rotatable bonds is 5. The summed E-state index contributed by atoms with van der Waals surface area (Å²) in [6, 6.07) is 2.92. The van der Waals surface area contributed by atoms with Crippen LogP contribution < -0.4 is 9.88 Å². The number of ether oxygens (including phenoxy) is 1. The van der Waals surface area contributed by atoms with E-state index in [-0.39, 0.29) is 10.8 Å². The van der Waals surface area contributed by atoms with Crippen LogP contribution in [0.1, 0.15) is 19.3 Å². The molecule has 0 aromatic carbocycles. The molecule has 0 spiro atoms. The topological polar surface area (TPSA) is 82.3 Å². The van der Waals surface area contributed by atoms with E-state index in [4.69, 9.17) is 9.88 Å². The third-order valence-electron chi connectivity index (χ3n) is 2.50. The number of aromatic nitrogens is 1. The highest BCUT2D eigenvalue weighted by molar-refractivity contribution is 7.89. The van der Waals surface area contributed by atoms with Gasteiger partial charge in [0.05, 0.1) is 6.61 Å². The highest BCUT2D eigenvalue weighted by Crippen LogP contribution is 2.32. The van der Waals surface area contributed by atoms with Crippen molar-refractivity contribution in [1.82, 2.24) is 4.98 Å². The Morgan fingerprint density at radius 3 is 2.88 bits per heavy atom. The van der Waals surface area contributed by atoms with Crippen LogP contribution in [-0.4, -0.2) is 20.0 Å². The van der Waals surface area contributed by atoms with Crippen LogP contribution in [0.15, 0.2) is 23.2 Å². The fourth-order valence-corrected chi connectivity index (χ4v) is 2.05. The molecule has 0 atom stereocenters. The van der Waals surface area contributed by atoms with E-state index < -0.39 is 10.0 Å². The van der Waals surface area contributed by atoms with Crippen molar-refractivity contribution in [2.75, 3.05) is 6.61 Å². The minimum absolute atomic E-state index is 0.0502. The monoisotopic (exact) mass is 242 g/mol. The highest BCUT2D eigenvalue weighted by Gasteiger charge is 2.22. The summed E-state index contributed by atoms with van der Waals surface area (Å²) in [5.74, 6) is 0.840. The molecule has 0 amide bonds. The summed E-state index contributed by atoms with van der Waals surface area (Å²) in [4.78, 5) is 3.83. The first kappa shape index (κ1) is 11.3. The number of hydrogen-bond donors (Lipinski definition) is 1. The molecule has 1 fully saturated rings. The van der Waals surface area contributed by atoms with Crippen molar-refractivity contribution in [2.24, 2.45) is 11.1 Å². The molecule has 0 saturated heterocycles. The molecular formula is C10H14N2O3S. The van der Waals surface area contributed by atoms with Crippen molar-refractivity contribution in [3.8, 4) is 5.88 Å². The average Bonchev–Trinajstić information content (AvgIpc) is 3.01. The molecule has 6 heteroatoms. The zero-order valence-corrected chi connectivity index (χ0v) is 9.61. The number of sulfonamides is 1. The molecule has 5 nitrogen and oxygen atoms in total. The van der Waals surface area contributed by atoms with E-state index in [2.05, 4.69) is 4.98 Å². The van der Waals surface area contributed by atoms with E-state index in [1.807, 2.05) is 0 Å². The molecule has 1 aliphatic carbocycles. The lowest BCUT2D eigenvalue weighted by molar-refractivity contribution is 0.283. The van der Waals surface area contributed by atoms with E-state index in [1.54, 1.807) is 0 Å². The van der Waals surface area contributed by atoms with Crippen LogP contribution in [0.4, 0.5) is 0 Å². The zero-order valence-electron chi connectivity index (χ0n) is 8.80. The number of nitrogens with zero attached hydrogens (tertiary/aromatic N) is 1. The maximum absolute atomic E-state index is 11.2. The van der Waals surface area contributed by atoms with Gasteiger partial charge in [0.2, 0.25) is 15.9 Å². The van der Waals surface area contributed by atoms with E-state index in [9.17, 15) is 8.42 Å². The second-order valence-electron chi connectivity index (χ2n) is 3.93. The highest BCUT2D eigenvalue weighted by atomic mass is 32.2. The molecule has 0 unspecified atom stereocenters. The van der Waals surface area contributed by atoms with Crippen molar-refractivity contribution in [2.45, 2.75) is 24.2 Å². The van der Waals surface area contributed by atoms with Gasteiger partial charge < -0.3 is 4.74 Å². The van der Waals surface area contributed by atoms with Crippen LogP contribution >= 0.6 is 0 Å². The molecule has 1 saturated carbocycles. The standard InChI is InChI=1S/C10H14N2O3S/c11-16(13,14)9-2-1-6-12-10(9)15-7-5-8-3-4-8/h1-2,6,8H,3-5,7H2,(H2,11,13,14). The Morgan fingerprint density at radius 2 is 2.25 bits per heavy atom. The molecule has 2 rings (SSSR count). The van der Waals surface area contributed by atoms with Crippen LogP contribution in [-0.2, 0) is 10.0 Å². The molecule has 0 radical (unpaired) electrons. The molecule has 88 valence electrons. The van der Waals surface area contributed by atoms with E-state index >= 15 is 0 Å². The fourth-order valence-electron chi connectivity index (χ4n) is 1.43. The van der Waals surface area contributed by atoms with Crippen molar-refractivity contribution in [3.05, 3.63) is 18.3 Å². The Hall–Kier alpha value is -1.14. The Bertz CT molecular complexity index is 469.